The Morgan fingerprint density at radius 1 is 0.944 bits per heavy atom. The first-order valence-electron chi connectivity index (χ1n) is 11.4. The molecule has 1 atom stereocenters. The number of esters is 1. The minimum Gasteiger partial charge on any atom is -0.493 e. The molecule has 0 spiro atoms. The molecule has 0 saturated carbocycles. The lowest BCUT2D eigenvalue weighted by molar-refractivity contribution is -0.137. The number of carbonyl (C=O) groups excluding carboxylic acids is 2. The van der Waals surface area contributed by atoms with Crippen molar-refractivity contribution in [3.63, 3.8) is 0 Å². The maximum Gasteiger partial charge on any atom is 0.313 e. The third kappa shape index (κ3) is 5.41. The minimum atomic E-state index is -0.617. The van der Waals surface area contributed by atoms with Crippen LogP contribution in [0.1, 0.15) is 43.1 Å². The Bertz CT molecular complexity index is 1370. The van der Waals surface area contributed by atoms with Gasteiger partial charge in [0.1, 0.15) is 0 Å². The topological polar surface area (TPSA) is 116 Å². The highest BCUT2D eigenvalue weighted by Crippen LogP contribution is 2.31. The van der Waals surface area contributed by atoms with Crippen molar-refractivity contribution >= 4 is 11.9 Å². The van der Waals surface area contributed by atoms with Crippen LogP contribution in [0.25, 0.3) is 22.6 Å². The van der Waals surface area contributed by atoms with Crippen molar-refractivity contribution in [3.05, 3.63) is 78.4 Å². The number of hydrogen-bond acceptors (Lipinski definition) is 8. The summed E-state index contributed by atoms with van der Waals surface area (Å²) in [5, 5.41) is 6.81. The molecule has 4 aromatic rings. The van der Waals surface area contributed by atoms with E-state index in [1.807, 2.05) is 54.6 Å². The van der Waals surface area contributed by atoms with Gasteiger partial charge in [-0.25, -0.2) is 4.98 Å². The van der Waals surface area contributed by atoms with Crippen LogP contribution in [0.15, 0.2) is 71.4 Å². The van der Waals surface area contributed by atoms with Crippen molar-refractivity contribution in [1.82, 2.24) is 20.4 Å². The number of aromatic nitrogens is 3. The Hall–Kier alpha value is -4.53. The molecule has 1 amide bonds. The second-order valence-corrected chi connectivity index (χ2v) is 8.37. The number of rotatable bonds is 8. The average molecular weight is 487 g/mol. The molecule has 2 aromatic carbocycles. The van der Waals surface area contributed by atoms with Crippen molar-refractivity contribution in [2.45, 2.75) is 26.8 Å². The number of nitrogens with one attached hydrogen (secondary N) is 1. The van der Waals surface area contributed by atoms with E-state index in [1.54, 1.807) is 20.8 Å². The molecule has 2 aromatic heterocycles. The molecule has 9 heteroatoms. The summed E-state index contributed by atoms with van der Waals surface area (Å²) >= 11 is 0. The van der Waals surface area contributed by atoms with Crippen LogP contribution in [0.3, 0.4) is 0 Å². The molecule has 0 radical (unpaired) electrons. The average Bonchev–Trinajstić information content (AvgIpc) is 3.40. The monoisotopic (exact) mass is 486 g/mol. The van der Waals surface area contributed by atoms with E-state index in [4.69, 9.17) is 14.0 Å². The highest BCUT2D eigenvalue weighted by Gasteiger charge is 2.25. The predicted molar refractivity (Wildman–Crippen MR) is 132 cm³/mol. The van der Waals surface area contributed by atoms with Gasteiger partial charge in [-0.15, -0.1) is 0 Å². The van der Waals surface area contributed by atoms with Gasteiger partial charge < -0.3 is 19.3 Å². The van der Waals surface area contributed by atoms with Gasteiger partial charge >= 0.3 is 5.97 Å². The molecular formula is C27H26N4O5. The first-order chi connectivity index (χ1) is 17.4. The molecule has 1 N–H and O–H groups in total. The van der Waals surface area contributed by atoms with Crippen molar-refractivity contribution in [2.24, 2.45) is 5.92 Å². The number of methoxy groups -OCH3 is 1. The zero-order valence-electron chi connectivity index (χ0n) is 20.4. The summed E-state index contributed by atoms with van der Waals surface area (Å²) in [6, 6.07) is 18.6. The summed E-state index contributed by atoms with van der Waals surface area (Å²) < 4.78 is 16.1. The molecule has 0 aliphatic heterocycles. The Morgan fingerprint density at radius 3 is 2.39 bits per heavy atom. The molecule has 0 unspecified atom stereocenters. The van der Waals surface area contributed by atoms with Gasteiger partial charge in [0, 0.05) is 17.8 Å². The summed E-state index contributed by atoms with van der Waals surface area (Å²) in [6.07, 6.45) is 1.40. The summed E-state index contributed by atoms with van der Waals surface area (Å²) in [4.78, 5) is 33.8. The number of pyridine rings is 1. The summed E-state index contributed by atoms with van der Waals surface area (Å²) in [6.45, 7) is 5.10. The third-order valence-corrected chi connectivity index (χ3v) is 5.37. The normalized spacial score (nSPS) is 11.7. The van der Waals surface area contributed by atoms with Crippen LogP contribution in [-0.2, 0) is 4.79 Å². The molecule has 0 aliphatic carbocycles. The van der Waals surface area contributed by atoms with E-state index in [2.05, 4.69) is 20.4 Å². The lowest BCUT2D eigenvalue weighted by atomic mass is 10.0. The number of hydrogen-bond donors (Lipinski definition) is 1. The summed E-state index contributed by atoms with van der Waals surface area (Å²) in [7, 11) is 1.42. The van der Waals surface area contributed by atoms with Gasteiger partial charge in [-0.2, -0.15) is 4.98 Å². The maximum atomic E-state index is 13.0. The van der Waals surface area contributed by atoms with Crippen LogP contribution < -0.4 is 14.8 Å². The van der Waals surface area contributed by atoms with Gasteiger partial charge in [-0.3, -0.25) is 9.59 Å². The van der Waals surface area contributed by atoms with Gasteiger partial charge in [0.05, 0.1) is 19.1 Å². The Morgan fingerprint density at radius 2 is 1.67 bits per heavy atom. The SMILES string of the molecule is COc1ccnc(C(=O)N[C@@H](C)c2noc(-c3cccc(-c4ccccc4)c3)n2)c1OC(=O)C(C)C. The molecular weight excluding hydrogens is 460 g/mol. The fourth-order valence-electron chi connectivity index (χ4n) is 3.39. The van der Waals surface area contributed by atoms with Crippen LogP contribution in [-0.4, -0.2) is 34.1 Å². The van der Waals surface area contributed by atoms with E-state index < -0.39 is 23.8 Å². The second-order valence-electron chi connectivity index (χ2n) is 8.37. The molecule has 0 bridgehead atoms. The lowest BCUT2D eigenvalue weighted by Crippen LogP contribution is -2.29. The van der Waals surface area contributed by atoms with Crippen molar-refractivity contribution < 1.29 is 23.6 Å². The number of amides is 1. The van der Waals surface area contributed by atoms with Crippen LogP contribution in [0.2, 0.25) is 0 Å². The van der Waals surface area contributed by atoms with Crippen LogP contribution in [0.5, 0.6) is 11.5 Å². The first-order valence-corrected chi connectivity index (χ1v) is 11.4. The van der Waals surface area contributed by atoms with Crippen molar-refractivity contribution in [2.75, 3.05) is 7.11 Å². The molecule has 184 valence electrons. The highest BCUT2D eigenvalue weighted by atomic mass is 16.6. The number of carbonyl (C=O) groups is 2. The zero-order chi connectivity index (χ0) is 25.7. The molecule has 4 rings (SSSR count). The van der Waals surface area contributed by atoms with E-state index in [-0.39, 0.29) is 23.0 Å². The standard InChI is InChI=1S/C27H26N4O5/c1-16(2)27(33)35-23-21(34-4)13-14-28-22(23)25(32)29-17(3)24-30-26(36-31-24)20-12-8-11-19(15-20)18-9-6-5-7-10-18/h5-17H,1-4H3,(H,29,32)/t17-/m0/s1. The fraction of sp³-hybridized carbons (Fsp3) is 0.222. The Balaban J connectivity index is 1.53. The molecule has 9 nitrogen and oxygen atoms in total. The van der Waals surface area contributed by atoms with Gasteiger partial charge in [0.15, 0.2) is 17.3 Å². The van der Waals surface area contributed by atoms with E-state index in [1.165, 1.54) is 19.4 Å². The first kappa shape index (κ1) is 24.6. The molecule has 0 fully saturated rings. The summed E-state index contributed by atoms with van der Waals surface area (Å²) in [5.74, 6) is -0.703. The quantitative estimate of drug-likeness (QED) is 0.351. The van der Waals surface area contributed by atoms with Crippen molar-refractivity contribution in [1.29, 1.82) is 0 Å². The van der Waals surface area contributed by atoms with Gasteiger partial charge in [0.25, 0.3) is 11.8 Å². The second kappa shape index (κ2) is 10.8. The van der Waals surface area contributed by atoms with Crippen molar-refractivity contribution in [3.8, 4) is 34.1 Å². The third-order valence-electron chi connectivity index (χ3n) is 5.37. The van der Waals surface area contributed by atoms with E-state index >= 15 is 0 Å². The molecule has 2 heterocycles. The Labute approximate surface area is 208 Å². The van der Waals surface area contributed by atoms with Crippen LogP contribution >= 0.6 is 0 Å². The Kier molecular flexibility index (Phi) is 7.39. The minimum absolute atomic E-state index is 0.0464. The number of benzene rings is 2. The highest BCUT2D eigenvalue weighted by molar-refractivity contribution is 5.97. The predicted octanol–water partition coefficient (Wildman–Crippen LogP) is 4.86. The van der Waals surface area contributed by atoms with Gasteiger partial charge in [-0.05, 0) is 30.2 Å². The van der Waals surface area contributed by atoms with Gasteiger partial charge in [-0.1, -0.05) is 61.5 Å². The smallest absolute Gasteiger partial charge is 0.313 e. The van der Waals surface area contributed by atoms with Gasteiger partial charge in [0.2, 0.25) is 5.75 Å². The van der Waals surface area contributed by atoms with E-state index in [0.29, 0.717) is 5.89 Å². The van der Waals surface area contributed by atoms with Crippen LogP contribution in [0, 0.1) is 5.92 Å². The van der Waals surface area contributed by atoms with E-state index in [9.17, 15) is 9.59 Å². The summed E-state index contributed by atoms with van der Waals surface area (Å²) in [5.41, 5.74) is 2.75. The number of nitrogens with zero attached hydrogens (tertiary/aromatic N) is 3. The van der Waals surface area contributed by atoms with Crippen LogP contribution in [0.4, 0.5) is 0 Å². The molecule has 0 saturated heterocycles. The maximum absolute atomic E-state index is 13.0. The fourth-order valence-corrected chi connectivity index (χ4v) is 3.39. The number of ether oxygens (including phenoxy) is 2. The largest absolute Gasteiger partial charge is 0.493 e. The molecule has 0 aliphatic rings. The molecule has 36 heavy (non-hydrogen) atoms. The van der Waals surface area contributed by atoms with E-state index in [0.717, 1.165) is 16.7 Å². The zero-order valence-corrected chi connectivity index (χ0v) is 20.4. The lowest BCUT2D eigenvalue weighted by Gasteiger charge is -2.15.